The third-order valence-corrected chi connectivity index (χ3v) is 6.76. The molecule has 2 aromatic rings. The van der Waals surface area contributed by atoms with Crippen LogP contribution < -0.4 is 16.4 Å². The molecule has 3 rings (SSSR count). The molecule has 0 spiro atoms. The molecule has 0 bridgehead atoms. The van der Waals surface area contributed by atoms with E-state index in [9.17, 15) is 0 Å². The molecule has 1 fully saturated rings. The van der Waals surface area contributed by atoms with Gasteiger partial charge in [-0.3, -0.25) is 0 Å². The lowest BCUT2D eigenvalue weighted by Crippen LogP contribution is -2.36. The van der Waals surface area contributed by atoms with Gasteiger partial charge in [-0.2, -0.15) is 5.10 Å². The first-order chi connectivity index (χ1) is 13.3. The van der Waals surface area contributed by atoms with Gasteiger partial charge in [0.2, 0.25) is 0 Å². The molecule has 0 unspecified atom stereocenters. The number of aryl methyl sites for hydroxylation is 1. The van der Waals surface area contributed by atoms with Crippen LogP contribution in [-0.2, 0) is 16.2 Å². The largest absolute Gasteiger partial charge is 0.398 e. The highest BCUT2D eigenvalue weighted by Gasteiger charge is 2.20. The zero-order chi connectivity index (χ0) is 20.3. The molecule has 1 aromatic carbocycles. The number of anilines is 3. The Morgan fingerprint density at radius 3 is 2.57 bits per heavy atom. The van der Waals surface area contributed by atoms with E-state index in [0.717, 1.165) is 61.6 Å². The van der Waals surface area contributed by atoms with E-state index in [4.69, 9.17) is 20.9 Å². The van der Waals surface area contributed by atoms with Crippen LogP contribution in [0, 0.1) is 6.92 Å². The van der Waals surface area contributed by atoms with Gasteiger partial charge in [0.25, 0.3) is 0 Å². The van der Waals surface area contributed by atoms with E-state index in [0.29, 0.717) is 18.1 Å². The van der Waals surface area contributed by atoms with E-state index < -0.39 is 8.07 Å². The van der Waals surface area contributed by atoms with Crippen molar-refractivity contribution < 1.29 is 9.47 Å². The van der Waals surface area contributed by atoms with E-state index in [-0.39, 0.29) is 0 Å². The summed E-state index contributed by atoms with van der Waals surface area (Å²) >= 11 is 0. The summed E-state index contributed by atoms with van der Waals surface area (Å²) in [6.07, 6.45) is 0. The number of nitrogen functional groups attached to an aromatic ring is 2. The first-order valence-corrected chi connectivity index (χ1v) is 13.6. The molecule has 0 radical (unpaired) electrons. The van der Waals surface area contributed by atoms with Crippen molar-refractivity contribution in [3.8, 4) is 11.3 Å². The standard InChI is InChI=1S/C20H33N5O2Si/c1-15-19(22)20(25(23-15)14-27-11-12-28(2,3)4)17-13-16(5-6-18(17)21)24-7-9-26-10-8-24/h5-6,13H,7-12,14,21-22H2,1-4H3. The van der Waals surface area contributed by atoms with Crippen LogP contribution >= 0.6 is 0 Å². The zero-order valence-corrected chi connectivity index (χ0v) is 18.5. The highest BCUT2D eigenvalue weighted by molar-refractivity contribution is 6.76. The summed E-state index contributed by atoms with van der Waals surface area (Å²) in [6, 6.07) is 7.22. The normalized spacial score (nSPS) is 15.2. The smallest absolute Gasteiger partial charge is 0.140 e. The number of hydrogen-bond acceptors (Lipinski definition) is 6. The number of benzene rings is 1. The fraction of sp³-hybridized carbons (Fsp3) is 0.550. The average Bonchev–Trinajstić information content (AvgIpc) is 2.93. The minimum absolute atomic E-state index is 0.374. The van der Waals surface area contributed by atoms with Gasteiger partial charge in [-0.15, -0.1) is 0 Å². The molecule has 2 heterocycles. The molecule has 0 atom stereocenters. The lowest BCUT2D eigenvalue weighted by Gasteiger charge is -2.29. The second kappa shape index (κ2) is 8.55. The molecule has 1 aromatic heterocycles. The van der Waals surface area contributed by atoms with Gasteiger partial charge in [-0.05, 0) is 31.2 Å². The Bertz CT molecular complexity index is 810. The number of rotatable bonds is 7. The summed E-state index contributed by atoms with van der Waals surface area (Å²) < 4.78 is 13.2. The fourth-order valence-corrected chi connectivity index (χ4v) is 4.03. The molecule has 4 N–H and O–H groups in total. The van der Waals surface area contributed by atoms with Gasteiger partial charge in [-0.1, -0.05) is 19.6 Å². The topological polar surface area (TPSA) is 91.6 Å². The Hall–Kier alpha value is -2.03. The van der Waals surface area contributed by atoms with Crippen LogP contribution in [0.1, 0.15) is 5.69 Å². The number of aromatic nitrogens is 2. The lowest BCUT2D eigenvalue weighted by atomic mass is 10.1. The number of nitrogens with zero attached hydrogens (tertiary/aromatic N) is 3. The van der Waals surface area contributed by atoms with Crippen LogP contribution in [0.4, 0.5) is 17.1 Å². The van der Waals surface area contributed by atoms with Gasteiger partial charge >= 0.3 is 0 Å². The summed E-state index contributed by atoms with van der Waals surface area (Å²) in [5, 5.41) is 4.59. The maximum atomic E-state index is 6.39. The van der Waals surface area contributed by atoms with Gasteiger partial charge in [0.1, 0.15) is 6.73 Å². The Kier molecular flexibility index (Phi) is 6.32. The quantitative estimate of drug-likeness (QED) is 0.419. The number of nitrogens with two attached hydrogens (primary N) is 2. The second-order valence-corrected chi connectivity index (χ2v) is 14.2. The van der Waals surface area contributed by atoms with Gasteiger partial charge < -0.3 is 25.8 Å². The molecule has 1 saturated heterocycles. The lowest BCUT2D eigenvalue weighted by molar-refractivity contribution is 0.0796. The SMILES string of the molecule is Cc1nn(COCC[Si](C)(C)C)c(-c2cc(N3CCOCC3)ccc2N)c1N. The van der Waals surface area contributed by atoms with Crippen molar-refractivity contribution in [2.45, 2.75) is 39.3 Å². The number of ether oxygens (including phenoxy) is 2. The van der Waals surface area contributed by atoms with Gasteiger partial charge in [-0.25, -0.2) is 4.68 Å². The van der Waals surface area contributed by atoms with Crippen molar-refractivity contribution in [3.05, 3.63) is 23.9 Å². The first-order valence-electron chi connectivity index (χ1n) is 9.89. The summed E-state index contributed by atoms with van der Waals surface area (Å²) in [5.41, 5.74) is 17.7. The fourth-order valence-electron chi connectivity index (χ4n) is 3.27. The summed E-state index contributed by atoms with van der Waals surface area (Å²) in [5.74, 6) is 0. The predicted molar refractivity (Wildman–Crippen MR) is 118 cm³/mol. The van der Waals surface area contributed by atoms with Crippen molar-refractivity contribution in [1.29, 1.82) is 0 Å². The molecule has 7 nitrogen and oxygen atoms in total. The minimum atomic E-state index is -1.13. The van der Waals surface area contributed by atoms with Crippen molar-refractivity contribution in [2.75, 3.05) is 49.3 Å². The van der Waals surface area contributed by atoms with Crippen LogP contribution in [0.5, 0.6) is 0 Å². The molecule has 28 heavy (non-hydrogen) atoms. The van der Waals surface area contributed by atoms with E-state index >= 15 is 0 Å². The van der Waals surface area contributed by atoms with Crippen molar-refractivity contribution >= 4 is 25.1 Å². The molecule has 1 aliphatic rings. The number of morpholine rings is 1. The maximum Gasteiger partial charge on any atom is 0.140 e. The summed E-state index contributed by atoms with van der Waals surface area (Å²) in [4.78, 5) is 2.31. The van der Waals surface area contributed by atoms with Crippen LogP contribution in [0.25, 0.3) is 11.3 Å². The van der Waals surface area contributed by atoms with Gasteiger partial charge in [0, 0.05) is 44.7 Å². The highest BCUT2D eigenvalue weighted by atomic mass is 28.3. The van der Waals surface area contributed by atoms with Crippen LogP contribution in [0.15, 0.2) is 18.2 Å². The maximum absolute atomic E-state index is 6.39. The Balaban J connectivity index is 1.86. The number of hydrogen-bond donors (Lipinski definition) is 2. The van der Waals surface area contributed by atoms with E-state index in [2.05, 4.69) is 41.8 Å². The monoisotopic (exact) mass is 403 g/mol. The first kappa shape index (κ1) is 20.7. The van der Waals surface area contributed by atoms with Crippen LogP contribution in [0.3, 0.4) is 0 Å². The molecule has 154 valence electrons. The molecular weight excluding hydrogens is 370 g/mol. The third kappa shape index (κ3) is 4.87. The molecule has 0 aliphatic carbocycles. The van der Waals surface area contributed by atoms with Gasteiger partial charge in [0.05, 0.1) is 30.3 Å². The van der Waals surface area contributed by atoms with Crippen LogP contribution in [-0.4, -0.2) is 50.8 Å². The zero-order valence-electron chi connectivity index (χ0n) is 17.5. The minimum Gasteiger partial charge on any atom is -0.398 e. The molecule has 1 aliphatic heterocycles. The Morgan fingerprint density at radius 1 is 1.18 bits per heavy atom. The van der Waals surface area contributed by atoms with Gasteiger partial charge in [0.15, 0.2) is 0 Å². The molecular formula is C20H33N5O2Si. The Labute approximate surface area is 168 Å². The average molecular weight is 404 g/mol. The molecule has 8 heteroatoms. The van der Waals surface area contributed by atoms with E-state index in [1.165, 1.54) is 0 Å². The summed E-state index contributed by atoms with van der Waals surface area (Å²) in [7, 11) is -1.13. The van der Waals surface area contributed by atoms with Crippen molar-refractivity contribution in [2.24, 2.45) is 0 Å². The molecule has 0 amide bonds. The second-order valence-electron chi connectivity index (χ2n) is 8.57. The van der Waals surface area contributed by atoms with E-state index in [1.807, 2.05) is 17.7 Å². The summed E-state index contributed by atoms with van der Waals surface area (Å²) in [6.45, 7) is 13.3. The molecule has 0 saturated carbocycles. The van der Waals surface area contributed by atoms with E-state index in [1.54, 1.807) is 0 Å². The van der Waals surface area contributed by atoms with Crippen molar-refractivity contribution in [3.63, 3.8) is 0 Å². The Morgan fingerprint density at radius 2 is 1.89 bits per heavy atom. The van der Waals surface area contributed by atoms with Crippen molar-refractivity contribution in [1.82, 2.24) is 9.78 Å². The highest BCUT2D eigenvalue weighted by Crippen LogP contribution is 2.35. The third-order valence-electron chi connectivity index (χ3n) is 5.05. The van der Waals surface area contributed by atoms with Crippen LogP contribution in [0.2, 0.25) is 25.7 Å². The predicted octanol–water partition coefficient (Wildman–Crippen LogP) is 3.17.